The summed E-state index contributed by atoms with van der Waals surface area (Å²) in [7, 11) is 0. The number of nitrogens with one attached hydrogen (secondary N) is 2. The molecular weight excluding hydrogens is 464 g/mol. The van der Waals surface area contributed by atoms with Crippen molar-refractivity contribution in [1.29, 1.82) is 0 Å². The standard InChI is InChI=1S/C24H18F4N6O/c1-15-6-10-17(11-7-15)30-22-31-21(19-4-2-3-5-20(19)25)32-23(33-22)34-29-14-16-8-12-18(13-9-16)35-24(26,27)28/h2-14H,1H3,(H2,30,31,32,33,34)/b29-14+. The molecule has 0 radical (unpaired) electrons. The molecule has 0 saturated carbocycles. The SMILES string of the molecule is Cc1ccc(Nc2nc(N/N=C/c3ccc(OC(F)(F)F)cc3)nc(-c3ccccc3F)n2)cc1. The molecule has 0 amide bonds. The van der Waals surface area contributed by atoms with Gasteiger partial charge >= 0.3 is 6.36 Å². The van der Waals surface area contributed by atoms with Crippen molar-refractivity contribution in [3.05, 3.63) is 89.7 Å². The monoisotopic (exact) mass is 482 g/mol. The van der Waals surface area contributed by atoms with Gasteiger partial charge in [-0.15, -0.1) is 13.2 Å². The average molecular weight is 482 g/mol. The number of benzene rings is 3. The summed E-state index contributed by atoms with van der Waals surface area (Å²) in [5.74, 6) is -0.578. The van der Waals surface area contributed by atoms with E-state index < -0.39 is 12.2 Å². The highest BCUT2D eigenvalue weighted by atomic mass is 19.4. The van der Waals surface area contributed by atoms with Gasteiger partial charge in [-0.2, -0.15) is 20.1 Å². The maximum absolute atomic E-state index is 14.4. The van der Waals surface area contributed by atoms with Crippen molar-refractivity contribution in [2.75, 3.05) is 10.7 Å². The van der Waals surface area contributed by atoms with Crippen LogP contribution in [0.25, 0.3) is 11.4 Å². The number of aryl methyl sites for hydroxylation is 1. The Bertz CT molecular complexity index is 1330. The van der Waals surface area contributed by atoms with E-state index in [1.807, 2.05) is 31.2 Å². The highest BCUT2D eigenvalue weighted by Crippen LogP contribution is 2.24. The van der Waals surface area contributed by atoms with Crippen LogP contribution >= 0.6 is 0 Å². The van der Waals surface area contributed by atoms with Gasteiger partial charge in [0.05, 0.1) is 11.8 Å². The Hall–Kier alpha value is -4.54. The molecule has 0 aliphatic rings. The topological polar surface area (TPSA) is 84.3 Å². The summed E-state index contributed by atoms with van der Waals surface area (Å²) in [4.78, 5) is 12.8. The molecule has 0 spiro atoms. The molecule has 3 aromatic carbocycles. The number of hydrogen-bond donors (Lipinski definition) is 2. The van der Waals surface area contributed by atoms with E-state index in [0.717, 1.165) is 23.4 Å². The fourth-order valence-corrected chi connectivity index (χ4v) is 2.93. The molecule has 0 saturated heterocycles. The van der Waals surface area contributed by atoms with Crippen LogP contribution in [-0.4, -0.2) is 27.5 Å². The minimum atomic E-state index is -4.77. The third-order valence-corrected chi connectivity index (χ3v) is 4.55. The lowest BCUT2D eigenvalue weighted by Gasteiger charge is -2.10. The molecule has 35 heavy (non-hydrogen) atoms. The van der Waals surface area contributed by atoms with E-state index in [2.05, 4.69) is 35.5 Å². The first-order chi connectivity index (χ1) is 16.7. The van der Waals surface area contributed by atoms with Crippen LogP contribution < -0.4 is 15.5 Å². The highest BCUT2D eigenvalue weighted by Gasteiger charge is 2.30. The van der Waals surface area contributed by atoms with Gasteiger partial charge in [0.15, 0.2) is 5.82 Å². The summed E-state index contributed by atoms with van der Waals surface area (Å²) in [5, 5.41) is 7.07. The number of ether oxygens (including phenoxy) is 1. The van der Waals surface area contributed by atoms with Crippen molar-refractivity contribution >= 4 is 23.8 Å². The second-order valence-corrected chi connectivity index (χ2v) is 7.26. The van der Waals surface area contributed by atoms with Gasteiger partial charge in [-0.05, 0) is 61.0 Å². The zero-order valence-electron chi connectivity index (χ0n) is 18.2. The van der Waals surface area contributed by atoms with Gasteiger partial charge in [-0.25, -0.2) is 9.82 Å². The highest BCUT2D eigenvalue weighted by molar-refractivity contribution is 5.80. The normalized spacial score (nSPS) is 11.5. The quantitative estimate of drug-likeness (QED) is 0.189. The van der Waals surface area contributed by atoms with Crippen LogP contribution in [0.2, 0.25) is 0 Å². The molecule has 0 aliphatic heterocycles. The van der Waals surface area contributed by atoms with Crippen molar-refractivity contribution in [2.24, 2.45) is 5.10 Å². The smallest absolute Gasteiger partial charge is 0.406 e. The van der Waals surface area contributed by atoms with Gasteiger partial charge in [0.25, 0.3) is 0 Å². The minimum Gasteiger partial charge on any atom is -0.406 e. The van der Waals surface area contributed by atoms with Gasteiger partial charge in [0, 0.05) is 5.69 Å². The fourth-order valence-electron chi connectivity index (χ4n) is 2.93. The Kier molecular flexibility index (Phi) is 6.86. The summed E-state index contributed by atoms with van der Waals surface area (Å²) in [6, 6.07) is 18.7. The first-order valence-corrected chi connectivity index (χ1v) is 10.2. The number of anilines is 3. The molecule has 0 fully saturated rings. The number of hydrazone groups is 1. The minimum absolute atomic E-state index is 0.0288. The van der Waals surface area contributed by atoms with Gasteiger partial charge in [0.2, 0.25) is 11.9 Å². The van der Waals surface area contributed by atoms with Crippen LogP contribution in [-0.2, 0) is 0 Å². The van der Waals surface area contributed by atoms with E-state index in [-0.39, 0.29) is 29.0 Å². The zero-order chi connectivity index (χ0) is 24.8. The Morgan fingerprint density at radius 3 is 2.23 bits per heavy atom. The van der Waals surface area contributed by atoms with Crippen LogP contribution in [0.1, 0.15) is 11.1 Å². The van der Waals surface area contributed by atoms with Crippen molar-refractivity contribution < 1.29 is 22.3 Å². The lowest BCUT2D eigenvalue weighted by Crippen LogP contribution is -2.17. The number of alkyl halides is 3. The first-order valence-electron chi connectivity index (χ1n) is 10.2. The third-order valence-electron chi connectivity index (χ3n) is 4.55. The van der Waals surface area contributed by atoms with Crippen molar-refractivity contribution in [3.63, 3.8) is 0 Å². The average Bonchev–Trinajstić information content (AvgIpc) is 2.81. The van der Waals surface area contributed by atoms with Crippen LogP contribution in [0.5, 0.6) is 5.75 Å². The molecule has 1 heterocycles. The van der Waals surface area contributed by atoms with E-state index in [4.69, 9.17) is 0 Å². The van der Waals surface area contributed by atoms with Crippen LogP contribution in [0.4, 0.5) is 35.1 Å². The Morgan fingerprint density at radius 2 is 1.54 bits per heavy atom. The molecule has 4 rings (SSSR count). The van der Waals surface area contributed by atoms with Gasteiger partial charge in [-0.1, -0.05) is 29.8 Å². The number of hydrogen-bond acceptors (Lipinski definition) is 7. The predicted octanol–water partition coefficient (Wildman–Crippen LogP) is 6.07. The molecule has 0 atom stereocenters. The lowest BCUT2D eigenvalue weighted by molar-refractivity contribution is -0.274. The zero-order valence-corrected chi connectivity index (χ0v) is 18.2. The molecule has 4 aromatic rings. The van der Waals surface area contributed by atoms with Gasteiger partial charge in [0.1, 0.15) is 11.6 Å². The summed E-state index contributed by atoms with van der Waals surface area (Å²) < 4.78 is 55.1. The molecule has 0 aliphatic carbocycles. The number of rotatable bonds is 7. The largest absolute Gasteiger partial charge is 0.573 e. The molecular formula is C24H18F4N6O. The third kappa shape index (κ3) is 6.73. The number of halogens is 4. The van der Waals surface area contributed by atoms with E-state index >= 15 is 0 Å². The number of aromatic nitrogens is 3. The maximum atomic E-state index is 14.4. The molecule has 178 valence electrons. The van der Waals surface area contributed by atoms with E-state index in [0.29, 0.717) is 5.56 Å². The van der Waals surface area contributed by atoms with E-state index in [1.54, 1.807) is 12.1 Å². The van der Waals surface area contributed by atoms with E-state index in [1.165, 1.54) is 30.5 Å². The second-order valence-electron chi connectivity index (χ2n) is 7.26. The molecule has 2 N–H and O–H groups in total. The molecule has 0 bridgehead atoms. The van der Waals surface area contributed by atoms with Crippen molar-refractivity contribution in [1.82, 2.24) is 15.0 Å². The molecule has 0 unspecified atom stereocenters. The Morgan fingerprint density at radius 1 is 0.857 bits per heavy atom. The number of nitrogens with zero attached hydrogens (tertiary/aromatic N) is 4. The van der Waals surface area contributed by atoms with Crippen LogP contribution in [0.15, 0.2) is 77.9 Å². The maximum Gasteiger partial charge on any atom is 0.573 e. The summed E-state index contributed by atoms with van der Waals surface area (Å²) in [5.41, 5.74) is 5.11. The van der Waals surface area contributed by atoms with E-state index in [9.17, 15) is 17.6 Å². The molecule has 11 heteroatoms. The predicted molar refractivity (Wildman–Crippen MR) is 124 cm³/mol. The first kappa shape index (κ1) is 23.6. The molecule has 1 aromatic heterocycles. The Labute approximate surface area is 197 Å². The second kappa shape index (κ2) is 10.2. The van der Waals surface area contributed by atoms with Crippen LogP contribution in [0, 0.1) is 12.7 Å². The van der Waals surface area contributed by atoms with Gasteiger partial charge in [-0.3, -0.25) is 0 Å². The lowest BCUT2D eigenvalue weighted by atomic mass is 10.2. The van der Waals surface area contributed by atoms with Gasteiger partial charge < -0.3 is 10.1 Å². The summed E-state index contributed by atoms with van der Waals surface area (Å²) in [6.45, 7) is 1.96. The summed E-state index contributed by atoms with van der Waals surface area (Å²) >= 11 is 0. The van der Waals surface area contributed by atoms with Crippen molar-refractivity contribution in [3.8, 4) is 17.1 Å². The van der Waals surface area contributed by atoms with Crippen LogP contribution in [0.3, 0.4) is 0 Å². The Balaban J connectivity index is 1.56. The molecule has 7 nitrogen and oxygen atoms in total. The fraction of sp³-hybridized carbons (Fsp3) is 0.0833. The summed E-state index contributed by atoms with van der Waals surface area (Å²) in [6.07, 6.45) is -3.41. The van der Waals surface area contributed by atoms with Crippen molar-refractivity contribution in [2.45, 2.75) is 13.3 Å².